The third-order valence-electron chi connectivity index (χ3n) is 4.95. The summed E-state index contributed by atoms with van der Waals surface area (Å²) in [4.78, 5) is 2.25. The lowest BCUT2D eigenvalue weighted by Crippen LogP contribution is -2.65. The highest BCUT2D eigenvalue weighted by Crippen LogP contribution is 2.45. The van der Waals surface area contributed by atoms with Gasteiger partial charge in [-0.3, -0.25) is 4.90 Å². The Morgan fingerprint density at radius 1 is 1.00 bits per heavy atom. The van der Waals surface area contributed by atoms with Crippen LogP contribution in [0.2, 0.25) is 0 Å². The zero-order chi connectivity index (χ0) is 16.8. The number of nitrogens with two attached hydrogens (primary N) is 2. The molecule has 1 aliphatic carbocycles. The average molecular weight is 391 g/mol. The van der Waals surface area contributed by atoms with E-state index < -0.39 is 20.0 Å². The van der Waals surface area contributed by atoms with Gasteiger partial charge in [0.2, 0.25) is 20.0 Å². The van der Waals surface area contributed by atoms with Crippen molar-refractivity contribution in [2.45, 2.75) is 43.2 Å². The molecular formula is C12H27ClN4O4S2. The Morgan fingerprint density at radius 2 is 1.48 bits per heavy atom. The van der Waals surface area contributed by atoms with Crippen molar-refractivity contribution < 1.29 is 16.8 Å². The Labute approximate surface area is 144 Å². The molecule has 8 nitrogen and oxygen atoms in total. The van der Waals surface area contributed by atoms with Crippen LogP contribution in [0.5, 0.6) is 0 Å². The van der Waals surface area contributed by atoms with Crippen molar-refractivity contribution in [2.75, 3.05) is 26.2 Å². The molecule has 2 heterocycles. The number of sulfonamides is 2. The van der Waals surface area contributed by atoms with E-state index in [2.05, 4.69) is 24.1 Å². The van der Waals surface area contributed by atoms with Crippen molar-refractivity contribution in [3.8, 4) is 0 Å². The summed E-state index contributed by atoms with van der Waals surface area (Å²) in [7, 11) is -6.52. The summed E-state index contributed by atoms with van der Waals surface area (Å²) in [6.45, 7) is 6.77. The SMILES string of the molecule is CC1(C)CCC1N1CC(S(N)(=O)=O)C1.Cl.NS(=O)(=O)C1CNC1. The number of halogens is 1. The highest BCUT2D eigenvalue weighted by atomic mass is 35.5. The normalized spacial score (nSPS) is 28.3. The largest absolute Gasteiger partial charge is 0.314 e. The quantitative estimate of drug-likeness (QED) is 0.554. The van der Waals surface area contributed by atoms with Gasteiger partial charge in [0.15, 0.2) is 0 Å². The van der Waals surface area contributed by atoms with E-state index in [0.717, 1.165) is 0 Å². The van der Waals surface area contributed by atoms with E-state index in [4.69, 9.17) is 10.3 Å². The molecule has 0 spiro atoms. The van der Waals surface area contributed by atoms with Gasteiger partial charge in [-0.25, -0.2) is 27.1 Å². The molecule has 0 amide bonds. The minimum Gasteiger partial charge on any atom is -0.314 e. The first kappa shape index (κ1) is 21.1. The first-order valence-electron chi connectivity index (χ1n) is 7.39. The molecule has 0 aromatic rings. The lowest BCUT2D eigenvalue weighted by molar-refractivity contribution is -0.0314. The molecule has 138 valence electrons. The Balaban J connectivity index is 0.000000253. The van der Waals surface area contributed by atoms with Crippen LogP contribution in [0.25, 0.3) is 0 Å². The van der Waals surface area contributed by atoms with Crippen LogP contribution in [0.3, 0.4) is 0 Å². The predicted molar refractivity (Wildman–Crippen MR) is 92.3 cm³/mol. The molecule has 3 aliphatic rings. The summed E-state index contributed by atoms with van der Waals surface area (Å²) in [6.07, 6.45) is 2.44. The van der Waals surface area contributed by atoms with E-state index in [9.17, 15) is 16.8 Å². The highest BCUT2D eigenvalue weighted by Gasteiger charge is 2.48. The standard InChI is InChI=1S/C9H18N2O2S.C3H8N2O2S.ClH/c1-9(2)4-3-8(9)11-5-7(6-11)14(10,12)13;4-8(6,7)3-1-5-2-3;/h7-8H,3-6H2,1-2H3,(H2,10,12,13);3,5H,1-2H2,(H2,4,6,7);1H. The van der Waals surface area contributed by atoms with E-state index in [1.807, 2.05) is 0 Å². The van der Waals surface area contributed by atoms with E-state index in [1.165, 1.54) is 12.8 Å². The van der Waals surface area contributed by atoms with Crippen LogP contribution in [-0.2, 0) is 20.0 Å². The lowest BCUT2D eigenvalue weighted by Gasteiger charge is -2.55. The molecule has 11 heteroatoms. The molecule has 0 radical (unpaired) electrons. The van der Waals surface area contributed by atoms with Gasteiger partial charge in [0.1, 0.15) is 5.25 Å². The van der Waals surface area contributed by atoms with E-state index in [1.54, 1.807) is 0 Å². The highest BCUT2D eigenvalue weighted by molar-refractivity contribution is 7.90. The Hall–Kier alpha value is 0.0300. The van der Waals surface area contributed by atoms with Crippen LogP contribution in [0.15, 0.2) is 0 Å². The first-order chi connectivity index (χ1) is 9.91. The molecular weight excluding hydrogens is 364 g/mol. The molecule has 1 saturated carbocycles. The van der Waals surface area contributed by atoms with Crippen LogP contribution in [0.4, 0.5) is 0 Å². The smallest absolute Gasteiger partial charge is 0.214 e. The Bertz CT molecular complexity index is 613. The van der Waals surface area contributed by atoms with Crippen molar-refractivity contribution in [1.29, 1.82) is 0 Å². The summed E-state index contributed by atoms with van der Waals surface area (Å²) < 4.78 is 42.7. The van der Waals surface area contributed by atoms with Crippen LogP contribution in [0.1, 0.15) is 26.7 Å². The van der Waals surface area contributed by atoms with Gasteiger partial charge in [0.05, 0.1) is 5.25 Å². The predicted octanol–water partition coefficient (Wildman–Crippen LogP) is -1.18. The van der Waals surface area contributed by atoms with Gasteiger partial charge in [0, 0.05) is 32.2 Å². The number of hydrogen-bond acceptors (Lipinski definition) is 6. The number of nitrogens with one attached hydrogen (secondary N) is 1. The van der Waals surface area contributed by atoms with Crippen LogP contribution in [0, 0.1) is 5.41 Å². The zero-order valence-electron chi connectivity index (χ0n) is 13.4. The minimum absolute atomic E-state index is 0. The third-order valence-corrected chi connectivity index (χ3v) is 7.44. The Kier molecular flexibility index (Phi) is 6.51. The number of hydrogen-bond donors (Lipinski definition) is 3. The number of likely N-dealkylation sites (tertiary alicyclic amines) is 1. The molecule has 2 saturated heterocycles. The van der Waals surface area contributed by atoms with E-state index >= 15 is 0 Å². The van der Waals surface area contributed by atoms with Crippen molar-refractivity contribution in [3.05, 3.63) is 0 Å². The molecule has 5 N–H and O–H groups in total. The summed E-state index contributed by atoms with van der Waals surface area (Å²) >= 11 is 0. The second-order valence-corrected chi connectivity index (χ2v) is 10.8. The molecule has 23 heavy (non-hydrogen) atoms. The number of nitrogens with zero attached hydrogens (tertiary/aromatic N) is 1. The molecule has 1 atom stereocenters. The van der Waals surface area contributed by atoms with Crippen LogP contribution in [-0.4, -0.2) is 64.5 Å². The van der Waals surface area contributed by atoms with Gasteiger partial charge in [-0.2, -0.15) is 0 Å². The van der Waals surface area contributed by atoms with E-state index in [-0.39, 0.29) is 22.9 Å². The second-order valence-electron chi connectivity index (χ2n) is 7.08. The van der Waals surface area contributed by atoms with Gasteiger partial charge in [0.25, 0.3) is 0 Å². The molecule has 1 unspecified atom stereocenters. The van der Waals surface area contributed by atoms with Gasteiger partial charge in [-0.1, -0.05) is 13.8 Å². The number of primary sulfonamides is 2. The molecule has 3 fully saturated rings. The molecule has 2 aliphatic heterocycles. The van der Waals surface area contributed by atoms with Crippen LogP contribution >= 0.6 is 12.4 Å². The maximum atomic E-state index is 11.0. The maximum Gasteiger partial charge on any atom is 0.214 e. The monoisotopic (exact) mass is 390 g/mol. The molecule has 3 rings (SSSR count). The Morgan fingerprint density at radius 3 is 1.65 bits per heavy atom. The maximum absolute atomic E-state index is 11.0. The molecule has 0 bridgehead atoms. The average Bonchev–Trinajstić information content (AvgIpc) is 2.14. The van der Waals surface area contributed by atoms with Crippen molar-refractivity contribution in [1.82, 2.24) is 10.2 Å². The van der Waals surface area contributed by atoms with Crippen molar-refractivity contribution in [3.63, 3.8) is 0 Å². The van der Waals surface area contributed by atoms with Crippen molar-refractivity contribution in [2.24, 2.45) is 15.7 Å². The topological polar surface area (TPSA) is 136 Å². The first-order valence-corrected chi connectivity index (χ1v) is 10.6. The molecule has 0 aromatic heterocycles. The fourth-order valence-electron chi connectivity index (χ4n) is 2.95. The zero-order valence-corrected chi connectivity index (χ0v) is 15.9. The minimum atomic E-state index is -3.30. The number of rotatable bonds is 3. The van der Waals surface area contributed by atoms with Gasteiger partial charge < -0.3 is 5.32 Å². The van der Waals surface area contributed by atoms with E-state index in [0.29, 0.717) is 37.6 Å². The summed E-state index contributed by atoms with van der Waals surface area (Å²) in [5, 5.41) is 12.0. The second kappa shape index (κ2) is 7.11. The summed E-state index contributed by atoms with van der Waals surface area (Å²) in [6, 6.07) is 0.570. The van der Waals surface area contributed by atoms with Crippen molar-refractivity contribution >= 4 is 32.5 Å². The molecule has 0 aromatic carbocycles. The van der Waals surface area contributed by atoms with Gasteiger partial charge in [-0.15, -0.1) is 12.4 Å². The lowest BCUT2D eigenvalue weighted by atomic mass is 9.66. The summed E-state index contributed by atoms with van der Waals surface area (Å²) in [5.41, 5.74) is 0.364. The fourth-order valence-corrected chi connectivity index (χ4v) is 4.45. The summed E-state index contributed by atoms with van der Waals surface area (Å²) in [5.74, 6) is 0. The van der Waals surface area contributed by atoms with Gasteiger partial charge >= 0.3 is 0 Å². The fraction of sp³-hybridized carbons (Fsp3) is 1.00. The van der Waals surface area contributed by atoms with Crippen LogP contribution < -0.4 is 15.6 Å². The van der Waals surface area contributed by atoms with Gasteiger partial charge in [-0.05, 0) is 18.3 Å². The third kappa shape index (κ3) is 5.00.